The van der Waals surface area contributed by atoms with E-state index in [2.05, 4.69) is 42.3 Å². The minimum atomic E-state index is 0. The molecule has 0 unspecified atom stereocenters. The van der Waals surface area contributed by atoms with Crippen molar-refractivity contribution in [3.63, 3.8) is 0 Å². The van der Waals surface area contributed by atoms with Crippen LogP contribution in [-0.4, -0.2) is 4.98 Å². The lowest BCUT2D eigenvalue weighted by Crippen LogP contribution is -1.90. The maximum Gasteiger partial charge on any atom is 0.187 e. The summed E-state index contributed by atoms with van der Waals surface area (Å²) in [5, 5.41) is 7.29. The molecule has 1 heterocycles. The van der Waals surface area contributed by atoms with Crippen LogP contribution in [0.15, 0.2) is 41.8 Å². The number of aryl methyl sites for hydroxylation is 2. The molecule has 0 fully saturated rings. The summed E-state index contributed by atoms with van der Waals surface area (Å²) in [6.07, 6.45) is 0. The molecule has 0 radical (unpaired) electrons. The highest BCUT2D eigenvalue weighted by atomic mass is 79.9. The summed E-state index contributed by atoms with van der Waals surface area (Å²) in [6, 6.07) is 11.7. The van der Waals surface area contributed by atoms with Gasteiger partial charge in [0.2, 0.25) is 0 Å². The summed E-state index contributed by atoms with van der Waals surface area (Å²) in [5.41, 5.74) is 5.46. The van der Waals surface area contributed by atoms with Crippen molar-refractivity contribution < 1.29 is 0 Å². The first-order valence-corrected chi connectivity index (χ1v) is 8.41. The van der Waals surface area contributed by atoms with Crippen LogP contribution in [0.4, 0.5) is 10.8 Å². The highest BCUT2D eigenvalue weighted by Crippen LogP contribution is 2.30. The van der Waals surface area contributed by atoms with Gasteiger partial charge in [0, 0.05) is 26.7 Å². The first-order valence-electron chi connectivity index (χ1n) is 6.77. The summed E-state index contributed by atoms with van der Waals surface area (Å²) in [5.74, 6) is 0. The van der Waals surface area contributed by atoms with E-state index in [1.54, 1.807) is 17.4 Å². The Bertz CT molecular complexity index is 813. The van der Waals surface area contributed by atoms with E-state index in [4.69, 9.17) is 23.2 Å². The highest BCUT2D eigenvalue weighted by Gasteiger charge is 2.07. The second-order valence-corrected chi connectivity index (χ2v) is 6.85. The molecule has 0 atom stereocenters. The number of aromatic nitrogens is 1. The summed E-state index contributed by atoms with van der Waals surface area (Å²) < 4.78 is 0. The Morgan fingerprint density at radius 3 is 2.30 bits per heavy atom. The summed E-state index contributed by atoms with van der Waals surface area (Å²) in [7, 11) is 0. The van der Waals surface area contributed by atoms with Gasteiger partial charge in [-0.1, -0.05) is 35.3 Å². The normalized spacial score (nSPS) is 10.3. The molecule has 1 N–H and O–H groups in total. The van der Waals surface area contributed by atoms with Gasteiger partial charge in [-0.3, -0.25) is 0 Å². The SMILES string of the molecule is Br.Cc1ccc(-c2csc(Nc3cc(Cl)cc(Cl)c3)n2)cc1C. The number of rotatable bonds is 3. The van der Waals surface area contributed by atoms with Crippen molar-refractivity contribution in [1.82, 2.24) is 4.98 Å². The average Bonchev–Trinajstić information content (AvgIpc) is 2.89. The van der Waals surface area contributed by atoms with E-state index < -0.39 is 0 Å². The van der Waals surface area contributed by atoms with E-state index in [1.807, 2.05) is 17.5 Å². The van der Waals surface area contributed by atoms with Gasteiger partial charge >= 0.3 is 0 Å². The van der Waals surface area contributed by atoms with Gasteiger partial charge in [-0.05, 0) is 49.2 Å². The molecule has 120 valence electrons. The summed E-state index contributed by atoms with van der Waals surface area (Å²) >= 11 is 13.6. The van der Waals surface area contributed by atoms with Crippen molar-refractivity contribution in [2.75, 3.05) is 5.32 Å². The van der Waals surface area contributed by atoms with Crippen molar-refractivity contribution in [3.8, 4) is 11.3 Å². The van der Waals surface area contributed by atoms with Gasteiger partial charge in [0.1, 0.15) is 0 Å². The predicted molar refractivity (Wildman–Crippen MR) is 107 cm³/mol. The molecule has 3 rings (SSSR count). The van der Waals surface area contributed by atoms with Crippen LogP contribution in [0.3, 0.4) is 0 Å². The Morgan fingerprint density at radius 1 is 0.957 bits per heavy atom. The fourth-order valence-corrected chi connectivity index (χ4v) is 3.38. The van der Waals surface area contributed by atoms with Crippen molar-refractivity contribution >= 4 is 62.3 Å². The number of hydrogen-bond donors (Lipinski definition) is 1. The average molecular weight is 430 g/mol. The third-order valence-electron chi connectivity index (χ3n) is 3.42. The number of nitrogens with one attached hydrogen (secondary N) is 1. The molecule has 0 saturated heterocycles. The van der Waals surface area contributed by atoms with Crippen molar-refractivity contribution in [2.24, 2.45) is 0 Å². The van der Waals surface area contributed by atoms with Crippen LogP contribution in [0, 0.1) is 13.8 Å². The quantitative estimate of drug-likeness (QED) is 0.482. The van der Waals surface area contributed by atoms with Crippen LogP contribution in [0.25, 0.3) is 11.3 Å². The Kier molecular flexibility index (Phi) is 6.09. The maximum atomic E-state index is 6.01. The van der Waals surface area contributed by atoms with Crippen molar-refractivity contribution in [2.45, 2.75) is 13.8 Å². The van der Waals surface area contributed by atoms with E-state index in [0.717, 1.165) is 22.1 Å². The molecule has 0 spiro atoms. The van der Waals surface area contributed by atoms with Crippen LogP contribution >= 0.6 is 51.5 Å². The van der Waals surface area contributed by atoms with Gasteiger partial charge in [0.05, 0.1) is 5.69 Å². The molecule has 1 aromatic heterocycles. The molecular weight excluding hydrogens is 415 g/mol. The molecule has 2 nitrogen and oxygen atoms in total. The Labute approximate surface area is 160 Å². The van der Waals surface area contributed by atoms with Crippen LogP contribution in [-0.2, 0) is 0 Å². The molecule has 0 aliphatic rings. The van der Waals surface area contributed by atoms with Gasteiger partial charge in [-0.15, -0.1) is 28.3 Å². The number of halogens is 3. The summed E-state index contributed by atoms with van der Waals surface area (Å²) in [4.78, 5) is 4.63. The number of benzene rings is 2. The lowest BCUT2D eigenvalue weighted by Gasteiger charge is -2.04. The largest absolute Gasteiger partial charge is 0.331 e. The van der Waals surface area contributed by atoms with Gasteiger partial charge in [0.15, 0.2) is 5.13 Å². The number of anilines is 2. The Balaban J connectivity index is 0.00000192. The topological polar surface area (TPSA) is 24.9 Å². The molecule has 0 bridgehead atoms. The fourth-order valence-electron chi connectivity index (χ4n) is 2.11. The highest BCUT2D eigenvalue weighted by molar-refractivity contribution is 8.93. The monoisotopic (exact) mass is 428 g/mol. The van der Waals surface area contributed by atoms with Crippen LogP contribution in [0.1, 0.15) is 11.1 Å². The lowest BCUT2D eigenvalue weighted by atomic mass is 10.1. The van der Waals surface area contributed by atoms with Gasteiger partial charge < -0.3 is 5.32 Å². The minimum absolute atomic E-state index is 0. The summed E-state index contributed by atoms with van der Waals surface area (Å²) in [6.45, 7) is 4.22. The second kappa shape index (κ2) is 7.67. The van der Waals surface area contributed by atoms with E-state index in [9.17, 15) is 0 Å². The lowest BCUT2D eigenvalue weighted by molar-refractivity contribution is 1.32. The van der Waals surface area contributed by atoms with E-state index in [1.165, 1.54) is 11.1 Å². The van der Waals surface area contributed by atoms with Crippen LogP contribution < -0.4 is 5.32 Å². The Morgan fingerprint density at radius 2 is 1.65 bits per heavy atom. The Hall–Kier alpha value is -1.07. The van der Waals surface area contributed by atoms with Gasteiger partial charge in [-0.2, -0.15) is 0 Å². The number of nitrogens with zero attached hydrogens (tertiary/aromatic N) is 1. The molecule has 0 saturated carbocycles. The number of thiazole rings is 1. The zero-order valence-corrected chi connectivity index (χ0v) is 16.6. The predicted octanol–water partition coefficient (Wildman–Crippen LogP) is 7.06. The molecule has 2 aromatic carbocycles. The molecule has 0 amide bonds. The fraction of sp³-hybridized carbons (Fsp3) is 0.118. The van der Waals surface area contributed by atoms with Crippen molar-refractivity contribution in [1.29, 1.82) is 0 Å². The first-order chi connectivity index (χ1) is 10.5. The van der Waals surface area contributed by atoms with E-state index in [0.29, 0.717) is 10.0 Å². The zero-order chi connectivity index (χ0) is 15.7. The third kappa shape index (κ3) is 4.48. The molecule has 3 aromatic rings. The van der Waals surface area contributed by atoms with Crippen molar-refractivity contribution in [3.05, 3.63) is 63.0 Å². The van der Waals surface area contributed by atoms with Gasteiger partial charge in [-0.25, -0.2) is 4.98 Å². The third-order valence-corrected chi connectivity index (χ3v) is 4.61. The minimum Gasteiger partial charge on any atom is -0.331 e. The molecule has 23 heavy (non-hydrogen) atoms. The second-order valence-electron chi connectivity index (χ2n) is 5.12. The van der Waals surface area contributed by atoms with Crippen LogP contribution in [0.5, 0.6) is 0 Å². The molecule has 6 heteroatoms. The molecule has 0 aliphatic carbocycles. The smallest absolute Gasteiger partial charge is 0.187 e. The first kappa shape index (κ1) is 18.3. The van der Waals surface area contributed by atoms with E-state index >= 15 is 0 Å². The van der Waals surface area contributed by atoms with Crippen LogP contribution in [0.2, 0.25) is 10.0 Å². The standard InChI is InChI=1S/C17H14Cl2N2S.BrH/c1-10-3-4-12(5-11(10)2)16-9-22-17(21-16)20-15-7-13(18)6-14(19)8-15;/h3-9H,1-2H3,(H,20,21);1H. The molecule has 0 aliphatic heterocycles. The zero-order valence-electron chi connectivity index (χ0n) is 12.6. The van der Waals surface area contributed by atoms with E-state index in [-0.39, 0.29) is 17.0 Å². The maximum absolute atomic E-state index is 6.01. The number of hydrogen-bond acceptors (Lipinski definition) is 3. The molecular formula is C17H15BrCl2N2S. The van der Waals surface area contributed by atoms with Gasteiger partial charge in [0.25, 0.3) is 0 Å².